The van der Waals surface area contributed by atoms with Gasteiger partial charge in [-0.2, -0.15) is 0 Å². The van der Waals surface area contributed by atoms with Gasteiger partial charge in [0, 0.05) is 17.6 Å². The van der Waals surface area contributed by atoms with Gasteiger partial charge in [0.1, 0.15) is 23.9 Å². The Balaban J connectivity index is 2.35. The molecule has 0 aliphatic heterocycles. The number of hydrogen-bond donors (Lipinski definition) is 3. The standard InChI is InChI=1S/C23H35N3O5/c1-14(2)25-21(29)19(17-12-7-9-15(3)20(17)28)26(16-10-8-11-16)18(27)13-24-22(30)31-23(4,5)6/h7,9,12,14,16,19,28H,8,10-11,13H2,1-6H3,(H,24,30)(H,25,29). The second-order valence-corrected chi connectivity index (χ2v) is 9.32. The van der Waals surface area contributed by atoms with E-state index < -0.39 is 23.6 Å². The van der Waals surface area contributed by atoms with Crippen LogP contribution in [0.15, 0.2) is 18.2 Å². The smallest absolute Gasteiger partial charge is 0.408 e. The number of carbonyl (C=O) groups excluding carboxylic acids is 3. The molecular weight excluding hydrogens is 398 g/mol. The van der Waals surface area contributed by atoms with Gasteiger partial charge < -0.3 is 25.4 Å². The fourth-order valence-electron chi connectivity index (χ4n) is 3.46. The summed E-state index contributed by atoms with van der Waals surface area (Å²) in [6, 6.07) is 3.88. The van der Waals surface area contributed by atoms with Crippen LogP contribution in [-0.4, -0.2) is 52.1 Å². The lowest BCUT2D eigenvalue weighted by Crippen LogP contribution is -2.54. The molecule has 0 spiro atoms. The van der Waals surface area contributed by atoms with Crippen molar-refractivity contribution in [2.45, 2.75) is 84.5 Å². The van der Waals surface area contributed by atoms with Gasteiger partial charge in [0.15, 0.2) is 0 Å². The fraction of sp³-hybridized carbons (Fsp3) is 0.609. The molecule has 3 amide bonds. The molecule has 0 bridgehead atoms. The molecule has 1 aromatic carbocycles. The van der Waals surface area contributed by atoms with Crippen LogP contribution in [-0.2, 0) is 14.3 Å². The summed E-state index contributed by atoms with van der Waals surface area (Å²) in [6.45, 7) is 10.3. The Morgan fingerprint density at radius 3 is 2.39 bits per heavy atom. The van der Waals surface area contributed by atoms with Crippen molar-refractivity contribution < 1.29 is 24.2 Å². The molecule has 1 aromatic rings. The van der Waals surface area contributed by atoms with Crippen LogP contribution in [0.3, 0.4) is 0 Å². The van der Waals surface area contributed by atoms with E-state index in [1.54, 1.807) is 45.9 Å². The lowest BCUT2D eigenvalue weighted by Gasteiger charge is -2.42. The second-order valence-electron chi connectivity index (χ2n) is 9.32. The third kappa shape index (κ3) is 6.60. The number of alkyl carbamates (subject to hydrolysis) is 1. The van der Waals surface area contributed by atoms with E-state index in [0.29, 0.717) is 11.1 Å². The summed E-state index contributed by atoms with van der Waals surface area (Å²) < 4.78 is 5.21. The van der Waals surface area contributed by atoms with Crippen molar-refractivity contribution in [2.75, 3.05) is 6.54 Å². The number of aromatic hydroxyl groups is 1. The van der Waals surface area contributed by atoms with Gasteiger partial charge in [0.25, 0.3) is 0 Å². The molecule has 2 rings (SSSR count). The van der Waals surface area contributed by atoms with E-state index >= 15 is 0 Å². The van der Waals surface area contributed by atoms with Crippen LogP contribution < -0.4 is 10.6 Å². The number of aryl methyl sites for hydroxylation is 1. The minimum Gasteiger partial charge on any atom is -0.507 e. The highest BCUT2D eigenvalue weighted by Gasteiger charge is 2.40. The van der Waals surface area contributed by atoms with Crippen molar-refractivity contribution in [3.05, 3.63) is 29.3 Å². The van der Waals surface area contributed by atoms with Crippen LogP contribution >= 0.6 is 0 Å². The third-order valence-electron chi connectivity index (χ3n) is 5.06. The molecule has 1 fully saturated rings. The maximum atomic E-state index is 13.2. The maximum Gasteiger partial charge on any atom is 0.408 e. The van der Waals surface area contributed by atoms with E-state index in [2.05, 4.69) is 10.6 Å². The van der Waals surface area contributed by atoms with E-state index in [1.165, 1.54) is 4.90 Å². The highest BCUT2D eigenvalue weighted by Crippen LogP contribution is 2.37. The van der Waals surface area contributed by atoms with E-state index in [4.69, 9.17) is 4.74 Å². The van der Waals surface area contributed by atoms with Crippen LogP contribution in [0.4, 0.5) is 4.79 Å². The first kappa shape index (κ1) is 24.5. The Bertz CT molecular complexity index is 812. The van der Waals surface area contributed by atoms with Crippen LogP contribution in [0.25, 0.3) is 0 Å². The molecular formula is C23H35N3O5. The SMILES string of the molecule is Cc1cccc(C(C(=O)NC(C)C)N(C(=O)CNC(=O)OC(C)(C)C)C2CCC2)c1O. The molecule has 1 atom stereocenters. The van der Waals surface area contributed by atoms with Crippen molar-refractivity contribution in [1.29, 1.82) is 0 Å². The van der Waals surface area contributed by atoms with Crippen LogP contribution in [0.2, 0.25) is 0 Å². The first-order valence-electron chi connectivity index (χ1n) is 10.8. The normalized spacial score (nSPS) is 15.1. The average molecular weight is 434 g/mol. The quantitative estimate of drug-likeness (QED) is 0.612. The molecule has 3 N–H and O–H groups in total. The van der Waals surface area contributed by atoms with Crippen LogP contribution in [0.1, 0.15) is 71.0 Å². The molecule has 1 unspecified atom stereocenters. The summed E-state index contributed by atoms with van der Waals surface area (Å²) in [6.07, 6.45) is 1.77. The summed E-state index contributed by atoms with van der Waals surface area (Å²) >= 11 is 0. The van der Waals surface area contributed by atoms with Crippen molar-refractivity contribution in [3.63, 3.8) is 0 Å². The van der Waals surface area contributed by atoms with Gasteiger partial charge in [-0.15, -0.1) is 0 Å². The molecule has 1 aliphatic rings. The van der Waals surface area contributed by atoms with Gasteiger partial charge in [-0.25, -0.2) is 4.79 Å². The van der Waals surface area contributed by atoms with E-state index in [0.717, 1.165) is 19.3 Å². The van der Waals surface area contributed by atoms with Gasteiger partial charge in [-0.05, 0) is 66.4 Å². The number of benzene rings is 1. The predicted octanol–water partition coefficient (Wildman–Crippen LogP) is 3.17. The Labute approximate surface area is 184 Å². The molecule has 31 heavy (non-hydrogen) atoms. The van der Waals surface area contributed by atoms with Crippen molar-refractivity contribution in [2.24, 2.45) is 0 Å². The number of carbonyl (C=O) groups is 3. The van der Waals surface area contributed by atoms with Crippen LogP contribution in [0, 0.1) is 6.92 Å². The van der Waals surface area contributed by atoms with E-state index in [9.17, 15) is 19.5 Å². The Morgan fingerprint density at radius 2 is 1.87 bits per heavy atom. The fourth-order valence-corrected chi connectivity index (χ4v) is 3.46. The first-order chi connectivity index (χ1) is 14.4. The zero-order valence-corrected chi connectivity index (χ0v) is 19.3. The average Bonchev–Trinajstić information content (AvgIpc) is 2.59. The Kier molecular flexibility index (Phi) is 7.92. The van der Waals surface area contributed by atoms with E-state index in [-0.39, 0.29) is 30.3 Å². The number of hydrogen-bond acceptors (Lipinski definition) is 5. The van der Waals surface area contributed by atoms with Gasteiger partial charge in [-0.1, -0.05) is 18.2 Å². The number of phenolic OH excluding ortho intramolecular Hbond substituents is 1. The molecule has 0 heterocycles. The number of rotatable bonds is 7. The predicted molar refractivity (Wildman–Crippen MR) is 118 cm³/mol. The summed E-state index contributed by atoms with van der Waals surface area (Å²) in [5.74, 6) is -0.780. The summed E-state index contributed by atoms with van der Waals surface area (Å²) in [5.41, 5.74) is 0.303. The number of amides is 3. The molecule has 1 aliphatic carbocycles. The Hall–Kier alpha value is -2.77. The van der Waals surface area contributed by atoms with Gasteiger partial charge >= 0.3 is 6.09 Å². The molecule has 0 radical (unpaired) electrons. The summed E-state index contributed by atoms with van der Waals surface area (Å²) in [5, 5.41) is 16.0. The molecule has 0 saturated heterocycles. The molecule has 0 aromatic heterocycles. The number of para-hydroxylation sites is 1. The zero-order valence-electron chi connectivity index (χ0n) is 19.3. The first-order valence-corrected chi connectivity index (χ1v) is 10.8. The van der Waals surface area contributed by atoms with Gasteiger partial charge in [-0.3, -0.25) is 9.59 Å². The monoisotopic (exact) mass is 433 g/mol. The topological polar surface area (TPSA) is 108 Å². The number of nitrogens with one attached hydrogen (secondary N) is 2. The molecule has 8 nitrogen and oxygen atoms in total. The number of ether oxygens (including phenoxy) is 1. The highest BCUT2D eigenvalue weighted by molar-refractivity contribution is 5.91. The molecule has 172 valence electrons. The van der Waals surface area contributed by atoms with Gasteiger partial charge in [0.05, 0.1) is 0 Å². The minimum absolute atomic E-state index is 0.0105. The molecule has 8 heteroatoms. The van der Waals surface area contributed by atoms with Crippen molar-refractivity contribution in [1.82, 2.24) is 15.5 Å². The summed E-state index contributed by atoms with van der Waals surface area (Å²) in [7, 11) is 0. The lowest BCUT2D eigenvalue weighted by molar-refractivity contribution is -0.145. The number of nitrogens with zero attached hydrogens (tertiary/aromatic N) is 1. The third-order valence-corrected chi connectivity index (χ3v) is 5.06. The lowest BCUT2D eigenvalue weighted by atomic mass is 9.88. The van der Waals surface area contributed by atoms with E-state index in [1.807, 2.05) is 13.8 Å². The van der Waals surface area contributed by atoms with Crippen molar-refractivity contribution >= 4 is 17.9 Å². The summed E-state index contributed by atoms with van der Waals surface area (Å²) in [4.78, 5) is 40.0. The van der Waals surface area contributed by atoms with Crippen LogP contribution in [0.5, 0.6) is 5.75 Å². The zero-order chi connectivity index (χ0) is 23.3. The van der Waals surface area contributed by atoms with Crippen molar-refractivity contribution in [3.8, 4) is 5.75 Å². The number of phenols is 1. The molecule has 1 saturated carbocycles. The Morgan fingerprint density at radius 1 is 1.23 bits per heavy atom. The largest absolute Gasteiger partial charge is 0.507 e. The van der Waals surface area contributed by atoms with Gasteiger partial charge in [0.2, 0.25) is 11.8 Å². The minimum atomic E-state index is -1.000. The maximum absolute atomic E-state index is 13.2. The second kappa shape index (κ2) is 10.0. The highest BCUT2D eigenvalue weighted by atomic mass is 16.6.